The van der Waals surface area contributed by atoms with Gasteiger partial charge < -0.3 is 4.42 Å². The van der Waals surface area contributed by atoms with Crippen molar-refractivity contribution in [3.05, 3.63) is 92.1 Å². The Balaban J connectivity index is 1.93. The molecule has 0 aliphatic heterocycles. The second kappa shape index (κ2) is 7.88. The topological polar surface area (TPSA) is 84.7 Å². The number of benzene rings is 3. The quantitative estimate of drug-likeness (QED) is 0.401. The highest BCUT2D eigenvalue weighted by molar-refractivity contribution is 7.93. The van der Waals surface area contributed by atoms with Crippen LogP contribution in [0.15, 0.2) is 80.8 Å². The number of sulfonamides is 1. The summed E-state index contributed by atoms with van der Waals surface area (Å²) in [6, 6.07) is 16.0. The number of rotatable bonds is 4. The predicted molar refractivity (Wildman–Crippen MR) is 117 cm³/mol. The normalized spacial score (nSPS) is 11.5. The number of carbonyl (C=O) groups excluding carboxylic acids is 1. The van der Waals surface area contributed by atoms with Crippen LogP contribution in [0.2, 0.25) is 10.0 Å². The highest BCUT2D eigenvalue weighted by atomic mass is 35.5. The molecule has 4 aromatic rings. The fourth-order valence-corrected chi connectivity index (χ4v) is 5.29. The molecule has 1 aromatic heterocycles. The van der Waals surface area contributed by atoms with E-state index >= 15 is 0 Å². The average Bonchev–Trinajstić information content (AvgIpc) is 3.10. The molecule has 0 fully saturated rings. The number of amides is 1. The molecule has 0 atom stereocenters. The summed E-state index contributed by atoms with van der Waals surface area (Å²) in [4.78, 5) is 24.1. The first-order valence-electron chi connectivity index (χ1n) is 8.41. The molecular formula is C20H11Cl2NO5S2. The van der Waals surface area contributed by atoms with Gasteiger partial charge in [0.2, 0.25) is 0 Å². The third kappa shape index (κ3) is 3.75. The van der Waals surface area contributed by atoms with Gasteiger partial charge in [-0.25, -0.2) is 13.2 Å². The minimum atomic E-state index is -4.37. The van der Waals surface area contributed by atoms with Gasteiger partial charge >= 0.3 is 4.94 Å². The maximum atomic E-state index is 13.5. The average molecular weight is 480 g/mol. The van der Waals surface area contributed by atoms with Crippen molar-refractivity contribution in [2.24, 2.45) is 0 Å². The fourth-order valence-electron chi connectivity index (χ4n) is 2.79. The molecule has 10 heteroatoms. The van der Waals surface area contributed by atoms with Crippen molar-refractivity contribution in [3.8, 4) is 0 Å². The lowest BCUT2D eigenvalue weighted by atomic mass is 10.2. The lowest BCUT2D eigenvalue weighted by Crippen LogP contribution is -2.37. The van der Waals surface area contributed by atoms with Crippen molar-refractivity contribution >= 4 is 66.4 Å². The SMILES string of the molecule is O=C(c1ccccc1)N(c1ccc2oc(=O)sc2c1)S(=O)(=O)c1ccc(Cl)c(Cl)c1. The van der Waals surface area contributed by atoms with Gasteiger partial charge in [-0.05, 0) is 48.5 Å². The third-order valence-corrected chi connectivity index (χ3v) is 7.42. The van der Waals surface area contributed by atoms with E-state index in [1.54, 1.807) is 18.2 Å². The number of carbonyl (C=O) groups is 1. The maximum Gasteiger partial charge on any atom is 0.396 e. The number of hydrogen-bond acceptors (Lipinski definition) is 6. The summed E-state index contributed by atoms with van der Waals surface area (Å²) >= 11 is 12.7. The summed E-state index contributed by atoms with van der Waals surface area (Å²) in [6.45, 7) is 0. The minimum absolute atomic E-state index is 0.0355. The number of halogens is 2. The molecular weight excluding hydrogens is 469 g/mol. The van der Waals surface area contributed by atoms with Crippen LogP contribution in [-0.2, 0) is 10.0 Å². The summed E-state index contributed by atoms with van der Waals surface area (Å²) in [5.74, 6) is -0.767. The van der Waals surface area contributed by atoms with Crippen molar-refractivity contribution in [1.82, 2.24) is 0 Å². The zero-order valence-corrected chi connectivity index (χ0v) is 18.1. The molecule has 0 radical (unpaired) electrons. The molecule has 6 nitrogen and oxygen atoms in total. The molecule has 3 aromatic carbocycles. The first-order valence-corrected chi connectivity index (χ1v) is 11.4. The van der Waals surface area contributed by atoms with E-state index in [1.165, 1.54) is 48.5 Å². The highest BCUT2D eigenvalue weighted by Crippen LogP contribution is 2.32. The Morgan fingerprint density at radius 1 is 0.933 bits per heavy atom. The van der Waals surface area contributed by atoms with Crippen LogP contribution in [0.4, 0.5) is 5.69 Å². The monoisotopic (exact) mass is 479 g/mol. The van der Waals surface area contributed by atoms with Crippen molar-refractivity contribution in [2.45, 2.75) is 4.90 Å². The summed E-state index contributed by atoms with van der Waals surface area (Å²) in [5, 5.41) is 0.217. The van der Waals surface area contributed by atoms with E-state index in [9.17, 15) is 18.0 Å². The van der Waals surface area contributed by atoms with E-state index in [2.05, 4.69) is 0 Å². The van der Waals surface area contributed by atoms with Crippen molar-refractivity contribution in [3.63, 3.8) is 0 Å². The van der Waals surface area contributed by atoms with E-state index in [1.807, 2.05) is 0 Å². The molecule has 1 heterocycles. The molecule has 0 aliphatic carbocycles. The van der Waals surface area contributed by atoms with Crippen LogP contribution in [0.1, 0.15) is 10.4 Å². The van der Waals surface area contributed by atoms with Crippen molar-refractivity contribution in [2.75, 3.05) is 4.31 Å². The summed E-state index contributed by atoms with van der Waals surface area (Å²) in [5.41, 5.74) is 0.522. The lowest BCUT2D eigenvalue weighted by Gasteiger charge is -2.23. The van der Waals surface area contributed by atoms with Crippen LogP contribution in [0, 0.1) is 0 Å². The molecule has 0 aliphatic rings. The zero-order valence-electron chi connectivity index (χ0n) is 14.9. The zero-order chi connectivity index (χ0) is 21.5. The Hall–Kier alpha value is -2.65. The first-order chi connectivity index (χ1) is 14.3. The van der Waals surface area contributed by atoms with E-state index in [0.29, 0.717) is 14.6 Å². The van der Waals surface area contributed by atoms with Crippen LogP contribution >= 0.6 is 34.5 Å². The second-order valence-electron chi connectivity index (χ2n) is 6.10. The Kier molecular flexibility index (Phi) is 5.42. The number of nitrogens with zero attached hydrogens (tertiary/aromatic N) is 1. The lowest BCUT2D eigenvalue weighted by molar-refractivity contribution is 0.101. The van der Waals surface area contributed by atoms with E-state index in [-0.39, 0.29) is 26.2 Å². The van der Waals surface area contributed by atoms with Crippen LogP contribution in [-0.4, -0.2) is 14.3 Å². The Morgan fingerprint density at radius 3 is 2.37 bits per heavy atom. The van der Waals surface area contributed by atoms with E-state index < -0.39 is 20.9 Å². The van der Waals surface area contributed by atoms with E-state index in [0.717, 1.165) is 11.3 Å². The van der Waals surface area contributed by atoms with Crippen LogP contribution in [0.5, 0.6) is 0 Å². The first kappa shape index (κ1) is 20.6. The van der Waals surface area contributed by atoms with Gasteiger partial charge in [-0.3, -0.25) is 4.79 Å². The van der Waals surface area contributed by atoms with Gasteiger partial charge in [0, 0.05) is 5.56 Å². The third-order valence-electron chi connectivity index (χ3n) is 4.18. The van der Waals surface area contributed by atoms with Crippen LogP contribution < -0.4 is 9.24 Å². The van der Waals surface area contributed by atoms with Crippen molar-refractivity contribution in [1.29, 1.82) is 0 Å². The fraction of sp³-hybridized carbons (Fsp3) is 0. The standard InChI is InChI=1S/C20H11Cl2NO5S2/c21-15-8-7-14(11-16(15)22)30(26,27)23(19(24)12-4-2-1-3-5-12)13-6-9-17-18(10-13)29-20(25)28-17/h1-11H. The van der Waals surface area contributed by atoms with Crippen LogP contribution in [0.25, 0.3) is 10.3 Å². The van der Waals surface area contributed by atoms with Crippen molar-refractivity contribution < 1.29 is 17.6 Å². The molecule has 0 saturated carbocycles. The summed E-state index contributed by atoms with van der Waals surface area (Å²) in [6.07, 6.45) is 0. The highest BCUT2D eigenvalue weighted by Gasteiger charge is 2.32. The van der Waals surface area contributed by atoms with Gasteiger partial charge in [-0.2, -0.15) is 4.31 Å². The summed E-state index contributed by atoms with van der Waals surface area (Å²) < 4.78 is 33.1. The number of fused-ring (bicyclic) bond motifs is 1. The molecule has 4 rings (SSSR count). The maximum absolute atomic E-state index is 13.5. The minimum Gasteiger partial charge on any atom is -0.414 e. The van der Waals surface area contributed by atoms with Gasteiger partial charge in [0.05, 0.1) is 25.3 Å². The predicted octanol–water partition coefficient (Wildman–Crippen LogP) is 5.20. The molecule has 0 bridgehead atoms. The number of hydrogen-bond donors (Lipinski definition) is 0. The Labute approximate surface area is 184 Å². The molecule has 0 N–H and O–H groups in total. The summed E-state index contributed by atoms with van der Waals surface area (Å²) in [7, 11) is -4.37. The second-order valence-corrected chi connectivity index (χ2v) is 9.68. The van der Waals surface area contributed by atoms with Gasteiger partial charge in [-0.15, -0.1) is 0 Å². The Morgan fingerprint density at radius 2 is 1.67 bits per heavy atom. The molecule has 0 saturated heterocycles. The van der Waals surface area contributed by atoms with Gasteiger partial charge in [0.15, 0.2) is 0 Å². The van der Waals surface area contributed by atoms with E-state index in [4.69, 9.17) is 27.6 Å². The molecule has 0 spiro atoms. The van der Waals surface area contributed by atoms with Gasteiger partial charge in [0.1, 0.15) is 5.58 Å². The Bertz CT molecular complexity index is 1430. The van der Waals surface area contributed by atoms with Gasteiger partial charge in [0.25, 0.3) is 15.9 Å². The smallest absolute Gasteiger partial charge is 0.396 e. The molecule has 1 amide bonds. The molecule has 30 heavy (non-hydrogen) atoms. The van der Waals surface area contributed by atoms with Crippen LogP contribution in [0.3, 0.4) is 0 Å². The molecule has 0 unspecified atom stereocenters. The largest absolute Gasteiger partial charge is 0.414 e. The van der Waals surface area contributed by atoms with Gasteiger partial charge in [-0.1, -0.05) is 52.7 Å². The molecule has 152 valence electrons. The number of anilines is 1.